The summed E-state index contributed by atoms with van der Waals surface area (Å²) in [5, 5.41) is 23.2. The molecule has 18 heteroatoms. The smallest absolute Gasteiger partial charge is 0.388 e. The third-order valence-corrected chi connectivity index (χ3v) is 28.3. The van der Waals surface area contributed by atoms with Gasteiger partial charge in [0.05, 0.1) is 74.1 Å². The fourth-order valence-electron chi connectivity index (χ4n) is 14.8. The molecule has 2 aromatic carbocycles. The third-order valence-electron chi connectivity index (χ3n) is 18.3. The number of hydrogen-bond donors (Lipinski definition) is 2. The van der Waals surface area contributed by atoms with Crippen LogP contribution in [0.3, 0.4) is 0 Å². The van der Waals surface area contributed by atoms with Gasteiger partial charge in [-0.15, -0.1) is 0 Å². The van der Waals surface area contributed by atoms with Crippen molar-refractivity contribution < 1.29 is 63.3 Å². The first-order valence-electron chi connectivity index (χ1n) is 29.3. The van der Waals surface area contributed by atoms with Crippen molar-refractivity contribution in [2.45, 2.75) is 202 Å². The number of halogens is 2. The molecular formula is C62H108B2Br2Fe2N4O6P2+2. The first kappa shape index (κ1) is 79.0. The Bertz CT molecular complexity index is 1750. The van der Waals surface area contributed by atoms with E-state index in [-0.39, 0.29) is 75.7 Å². The van der Waals surface area contributed by atoms with Gasteiger partial charge in [0.15, 0.2) is 0 Å². The maximum Gasteiger partial charge on any atom is 2.00 e. The molecule has 2 N–H and O–H groups in total. The van der Waals surface area contributed by atoms with Crippen molar-refractivity contribution in [3.05, 3.63) is 98.3 Å². The number of aliphatic hydroxyl groups excluding tert-OH is 2. The van der Waals surface area contributed by atoms with Crippen molar-refractivity contribution in [1.29, 1.82) is 0 Å². The molecule has 4 saturated heterocycles. The molecule has 10 atom stereocenters. The van der Waals surface area contributed by atoms with Crippen LogP contribution >= 0.6 is 46.7 Å². The standard InChI is InChI=1S/2C24H38BBrN2O3P.2C5H10.4CH3.2Fe/c2*1-30-16-18-8-6-14-27(18)32(25,28-15-7-9-19(28)17-31-2)23-13-5-11-21(23)24(29)20-10-3-4-12-22(20)26;2*1-2-4-5-3-1;;;;;;/h2*3-4,10,12,18-19,21,23-24,29H,5-9,11,13-17H2,1-2H3;2*1-5H2;4*1H3;;/q2*+1;;;4*-1;2*+2/t18-,19-,21?,23?,24+;18-,19-,21?,23?,24-;;;;;;;;/m00......../s1. The van der Waals surface area contributed by atoms with Gasteiger partial charge in [-0.2, -0.15) is 18.7 Å². The topological polar surface area (TPSA) is 90.3 Å². The van der Waals surface area contributed by atoms with Crippen molar-refractivity contribution >= 4 is 61.9 Å². The van der Waals surface area contributed by atoms with Crippen molar-refractivity contribution in [1.82, 2.24) is 18.7 Å². The summed E-state index contributed by atoms with van der Waals surface area (Å²) in [6.45, 7) is 7.03. The van der Waals surface area contributed by atoms with Gasteiger partial charge < -0.3 is 58.9 Å². The molecule has 4 unspecified atom stereocenters. The Balaban J connectivity index is 0.000000637. The van der Waals surface area contributed by atoms with Crippen LogP contribution in [0.15, 0.2) is 57.5 Å². The largest absolute Gasteiger partial charge is 2.00 e. The first-order valence-corrected chi connectivity index (χ1v) is 34.5. The van der Waals surface area contributed by atoms with Crippen molar-refractivity contribution in [2.24, 2.45) is 11.8 Å². The van der Waals surface area contributed by atoms with E-state index in [1.165, 1.54) is 89.9 Å². The molecule has 0 bridgehead atoms. The van der Waals surface area contributed by atoms with Crippen molar-refractivity contribution in [3.8, 4) is 0 Å². The van der Waals surface area contributed by atoms with Crippen LogP contribution in [-0.4, -0.2) is 161 Å². The first-order chi connectivity index (χ1) is 36.0. The number of methoxy groups -OCH3 is 4. The Labute approximate surface area is 532 Å². The van der Waals surface area contributed by atoms with Gasteiger partial charge in [0.1, 0.15) is 14.9 Å². The molecule has 4 radical (unpaired) electrons. The minimum atomic E-state index is -2.20. The van der Waals surface area contributed by atoms with Crippen LogP contribution in [0, 0.1) is 41.5 Å². The second-order valence-electron chi connectivity index (χ2n) is 22.9. The van der Waals surface area contributed by atoms with E-state index < -0.39 is 27.1 Å². The predicted molar refractivity (Wildman–Crippen MR) is 344 cm³/mol. The van der Waals surface area contributed by atoms with Crippen molar-refractivity contribution in [3.63, 3.8) is 0 Å². The van der Waals surface area contributed by atoms with Crippen LogP contribution < -0.4 is 0 Å². The fourth-order valence-corrected chi connectivity index (χ4v) is 25.4. The molecule has 10 rings (SSSR count). The van der Waals surface area contributed by atoms with E-state index >= 15 is 0 Å². The zero-order valence-corrected chi connectivity index (χ0v) is 58.0. The molecule has 2 aromatic rings. The number of benzene rings is 2. The van der Waals surface area contributed by atoms with Crippen LogP contribution in [0.1, 0.15) is 177 Å². The average Bonchev–Trinajstić information content (AvgIpc) is 4.24. The normalized spacial score (nSPS) is 27.7. The van der Waals surface area contributed by atoms with E-state index in [9.17, 15) is 10.2 Å². The second kappa shape index (κ2) is 40.5. The number of nitrogens with zero attached hydrogens (tertiary/aromatic N) is 4. The zero-order chi connectivity index (χ0) is 52.5. The molecule has 0 amide bonds. The quantitative estimate of drug-likeness (QED) is 0.0854. The average molecular weight is 1360 g/mol. The van der Waals surface area contributed by atoms with E-state index in [0.717, 1.165) is 137 Å². The third kappa shape index (κ3) is 19.5. The van der Waals surface area contributed by atoms with Gasteiger partial charge in [-0.05, 0) is 113 Å². The Morgan fingerprint density at radius 1 is 0.425 bits per heavy atom. The molecule has 4 saturated carbocycles. The summed E-state index contributed by atoms with van der Waals surface area (Å²) in [5.41, 5.74) is 2.56. The number of ether oxygens (including phenoxy) is 4. The second-order valence-corrected chi connectivity index (χ2v) is 30.7. The summed E-state index contributed by atoms with van der Waals surface area (Å²) in [5.74, 6) is 0.333. The molecule has 10 nitrogen and oxygen atoms in total. The predicted octanol–water partition coefficient (Wildman–Crippen LogP) is 15.3. The minimum Gasteiger partial charge on any atom is -0.388 e. The fraction of sp³-hybridized carbons (Fsp3) is 0.742. The van der Waals surface area contributed by atoms with Gasteiger partial charge in [-0.1, -0.05) is 132 Å². The van der Waals surface area contributed by atoms with Gasteiger partial charge in [-0.3, -0.25) is 0 Å². The molecule has 4 aliphatic heterocycles. The van der Waals surface area contributed by atoms with Gasteiger partial charge >= 0.3 is 49.3 Å². The number of rotatable bonds is 18. The van der Waals surface area contributed by atoms with E-state index in [2.05, 4.69) is 50.5 Å². The van der Waals surface area contributed by atoms with Crippen LogP contribution in [0.2, 0.25) is 0 Å². The maximum atomic E-state index is 11.6. The summed E-state index contributed by atoms with van der Waals surface area (Å²) >= 11 is 7.34. The van der Waals surface area contributed by atoms with Gasteiger partial charge in [0.2, 0.25) is 0 Å². The van der Waals surface area contributed by atoms with Crippen LogP contribution in [-0.2, 0) is 53.1 Å². The molecule has 8 aliphatic rings. The summed E-state index contributed by atoms with van der Waals surface area (Å²) < 4.78 is 35.0. The molecule has 80 heavy (non-hydrogen) atoms. The molecule has 4 heterocycles. The summed E-state index contributed by atoms with van der Waals surface area (Å²) in [6, 6.07) is 17.7. The van der Waals surface area contributed by atoms with Crippen LogP contribution in [0.25, 0.3) is 0 Å². The minimum absolute atomic E-state index is 0. The van der Waals surface area contributed by atoms with E-state index in [4.69, 9.17) is 34.1 Å². The summed E-state index contributed by atoms with van der Waals surface area (Å²) in [4.78, 5) is 0. The molecule has 8 fully saturated rings. The van der Waals surface area contributed by atoms with Gasteiger partial charge in [-0.25, -0.2) is 0 Å². The Kier molecular flexibility index (Phi) is 40.1. The Morgan fingerprint density at radius 2 is 0.675 bits per heavy atom. The molecule has 456 valence electrons. The summed E-state index contributed by atoms with van der Waals surface area (Å²) in [7, 11) is 18.3. The molecular weight excluding hydrogens is 1250 g/mol. The van der Waals surface area contributed by atoms with E-state index in [1.807, 2.05) is 48.5 Å². The SMILES string of the molecule is C1CCCC1.C1CCCC1.[B][P+](C1CCCC1[C@@H](O)c1ccccc1Br)(N1CCC[C@H]1COC)N1CCC[C@H]1COC.[B][P+](C1CCCC1[C@H](O)c1ccccc1Br)(N1CCC[C@H]1COC)N1CCC[C@H]1COC.[CH3-].[CH3-].[CH3-].[CH3-].[Fe+2].[Fe+2]. The van der Waals surface area contributed by atoms with Crippen LogP contribution in [0.4, 0.5) is 0 Å². The van der Waals surface area contributed by atoms with Gasteiger partial charge in [0.25, 0.3) is 0 Å². The monoisotopic (exact) mass is 1360 g/mol. The zero-order valence-electron chi connectivity index (χ0n) is 50.8. The number of hydrogen-bond acceptors (Lipinski definition) is 10. The Hall–Kier alpha value is 1.03. The Morgan fingerprint density at radius 3 is 0.912 bits per heavy atom. The number of aliphatic hydroxyl groups is 2. The van der Waals surface area contributed by atoms with E-state index in [1.54, 1.807) is 28.4 Å². The summed E-state index contributed by atoms with van der Waals surface area (Å²) in [6.07, 6.45) is 29.7. The van der Waals surface area contributed by atoms with E-state index in [0.29, 0.717) is 35.5 Å². The van der Waals surface area contributed by atoms with Gasteiger partial charge in [0, 0.05) is 75.4 Å². The molecule has 0 spiro atoms. The van der Waals surface area contributed by atoms with Crippen LogP contribution in [0.5, 0.6) is 0 Å². The van der Waals surface area contributed by atoms with Crippen molar-refractivity contribution in [2.75, 3.05) is 81.0 Å². The maximum absolute atomic E-state index is 11.6. The molecule has 4 aliphatic carbocycles. The molecule has 0 aromatic heterocycles.